The van der Waals surface area contributed by atoms with Gasteiger partial charge in [0.2, 0.25) is 0 Å². The Morgan fingerprint density at radius 3 is 1.02 bits per heavy atom. The van der Waals surface area contributed by atoms with Crippen LogP contribution in [0.15, 0.2) is 207 Å². The lowest BCUT2D eigenvalue weighted by molar-refractivity contribution is 0.309. The Bertz CT molecular complexity index is 2460. The minimum Gasteiger partial charge on any atom is -0.494 e. The summed E-state index contributed by atoms with van der Waals surface area (Å²) in [7, 11) is 0. The van der Waals surface area contributed by atoms with Crippen LogP contribution in [0.2, 0.25) is 0 Å². The number of rotatable bonds is 8. The second-order valence-electron chi connectivity index (χ2n) is 13.2. The topological polar surface area (TPSA) is 58.7 Å². The Kier molecular flexibility index (Phi) is 8.58. The zero-order valence-corrected chi connectivity index (χ0v) is 29.4. The van der Waals surface area contributed by atoms with Gasteiger partial charge in [-0.3, -0.25) is 0 Å². The molecular weight excluding hydrogens is 649 g/mol. The van der Waals surface area contributed by atoms with Crippen LogP contribution < -0.4 is 4.74 Å². The van der Waals surface area contributed by atoms with Gasteiger partial charge in [-0.25, -0.2) is 20.0 Å². The molecule has 4 aromatic rings. The summed E-state index contributed by atoms with van der Waals surface area (Å²) < 4.78 is 6.03. The summed E-state index contributed by atoms with van der Waals surface area (Å²) in [4.78, 5) is 21.4. The first-order chi connectivity index (χ1) is 26.2. The molecule has 5 heteroatoms. The van der Waals surface area contributed by atoms with Gasteiger partial charge < -0.3 is 4.74 Å². The maximum atomic E-state index is 6.03. The van der Waals surface area contributed by atoms with E-state index in [1.807, 2.05) is 30.3 Å². The highest BCUT2D eigenvalue weighted by Crippen LogP contribution is 2.38. The highest BCUT2D eigenvalue weighted by molar-refractivity contribution is 6.39. The molecule has 0 aliphatic carbocycles. The number of aliphatic imine (C=N–C) groups is 4. The number of hydrogen-bond acceptors (Lipinski definition) is 5. The Morgan fingerprint density at radius 2 is 0.698 bits per heavy atom. The van der Waals surface area contributed by atoms with E-state index in [4.69, 9.17) is 24.7 Å². The van der Waals surface area contributed by atoms with Crippen LogP contribution in [0.3, 0.4) is 0 Å². The second-order valence-corrected chi connectivity index (χ2v) is 13.2. The molecule has 4 aromatic carbocycles. The monoisotopic (exact) mass is 684 g/mol. The number of nitrogens with zero attached hydrogens (tertiary/aromatic N) is 4. The molecule has 0 N–H and O–H groups in total. The summed E-state index contributed by atoms with van der Waals surface area (Å²) in [5.74, 6) is 0.852. The number of benzene rings is 4. The lowest BCUT2D eigenvalue weighted by atomic mass is 9.98. The van der Waals surface area contributed by atoms with Crippen molar-refractivity contribution in [1.82, 2.24) is 0 Å². The maximum Gasteiger partial charge on any atom is 0.119 e. The molecule has 0 saturated heterocycles. The van der Waals surface area contributed by atoms with Gasteiger partial charge in [-0.15, -0.1) is 0 Å². The molecule has 9 rings (SSSR count). The van der Waals surface area contributed by atoms with E-state index in [9.17, 15) is 0 Å². The van der Waals surface area contributed by atoms with E-state index >= 15 is 0 Å². The lowest BCUT2D eigenvalue weighted by Gasteiger charge is -2.13. The molecule has 0 spiro atoms. The molecule has 53 heavy (non-hydrogen) atoms. The van der Waals surface area contributed by atoms with Crippen LogP contribution in [0.5, 0.6) is 5.75 Å². The Labute approximate surface area is 310 Å². The highest BCUT2D eigenvalue weighted by atomic mass is 16.5. The SMILES string of the molecule is CCCCOc1ccc(C2=C3C=CC(=N3)C(c3ccccc3)=C3C=CC(=N3)C(c3ccccc3)=C3C=CC(=N3)C(c3ccccc3)=C3C=CC2=N3)cc1. The quantitative estimate of drug-likeness (QED) is 0.170. The molecule has 8 bridgehead atoms. The first-order valence-corrected chi connectivity index (χ1v) is 18.2. The van der Waals surface area contributed by atoms with Crippen LogP contribution >= 0.6 is 0 Å². The summed E-state index contributed by atoms with van der Waals surface area (Å²) in [5.41, 5.74) is 14.8. The molecule has 5 heterocycles. The van der Waals surface area contributed by atoms with Gasteiger partial charge in [0.05, 0.1) is 52.2 Å². The van der Waals surface area contributed by atoms with Crippen molar-refractivity contribution in [1.29, 1.82) is 0 Å². The van der Waals surface area contributed by atoms with Crippen LogP contribution in [0.1, 0.15) is 42.0 Å². The third-order valence-corrected chi connectivity index (χ3v) is 9.71. The van der Waals surface area contributed by atoms with E-state index < -0.39 is 0 Å². The molecule has 0 fully saturated rings. The minimum absolute atomic E-state index is 0.698. The standard InChI is InChI=1S/C48H36N4O/c1-2-3-31-53-36-21-19-35(20-22-36)48-43-29-27-41(51-43)46(33-15-9-5-10-16-33)39-25-23-37(49-39)45(32-13-7-4-8-14-32)38-24-26-40(50-38)47(34-17-11-6-12-18-34)42-28-30-44(48)52-42/h4-30H,2-3,31H2,1H3. The molecule has 0 saturated carbocycles. The number of fused-ring (bicyclic) bond motifs is 4. The van der Waals surface area contributed by atoms with Crippen molar-refractivity contribution < 1.29 is 4.74 Å². The third-order valence-electron chi connectivity index (χ3n) is 9.71. The summed E-state index contributed by atoms with van der Waals surface area (Å²) >= 11 is 0. The van der Waals surface area contributed by atoms with Crippen molar-refractivity contribution in [2.45, 2.75) is 19.8 Å². The molecular formula is C48H36N4O. The molecule has 0 aromatic heterocycles. The summed E-state index contributed by atoms with van der Waals surface area (Å²) in [5, 5.41) is 0. The van der Waals surface area contributed by atoms with E-state index in [0.717, 1.165) is 109 Å². The average molecular weight is 685 g/mol. The number of ether oxygens (including phenoxy) is 1. The smallest absolute Gasteiger partial charge is 0.119 e. The Balaban J connectivity index is 1.31. The summed E-state index contributed by atoms with van der Waals surface area (Å²) in [6, 6.07) is 39.5. The van der Waals surface area contributed by atoms with Crippen LogP contribution in [0.25, 0.3) is 22.3 Å². The number of unbranched alkanes of at least 4 members (excludes halogenated alkanes) is 1. The van der Waals surface area contributed by atoms with Gasteiger partial charge in [-0.2, -0.15) is 0 Å². The normalized spacial score (nSPS) is 17.2. The van der Waals surface area contributed by atoms with Gasteiger partial charge in [-0.05, 0) is 89.4 Å². The molecule has 5 aliphatic heterocycles. The van der Waals surface area contributed by atoms with Gasteiger partial charge in [0.1, 0.15) is 5.75 Å². The van der Waals surface area contributed by atoms with Crippen molar-refractivity contribution in [2.24, 2.45) is 20.0 Å². The van der Waals surface area contributed by atoms with Gasteiger partial charge in [0, 0.05) is 22.3 Å². The van der Waals surface area contributed by atoms with Crippen molar-refractivity contribution in [3.05, 3.63) is 209 Å². The molecule has 0 unspecified atom stereocenters. The van der Waals surface area contributed by atoms with Crippen molar-refractivity contribution in [3.8, 4) is 5.75 Å². The molecule has 5 aliphatic rings. The van der Waals surface area contributed by atoms with Gasteiger partial charge in [0.25, 0.3) is 0 Å². The zero-order chi connectivity index (χ0) is 35.6. The van der Waals surface area contributed by atoms with E-state index in [1.165, 1.54) is 0 Å². The maximum absolute atomic E-state index is 6.03. The first kappa shape index (κ1) is 32.2. The third kappa shape index (κ3) is 6.27. The first-order valence-electron chi connectivity index (χ1n) is 18.2. The van der Waals surface area contributed by atoms with Crippen molar-refractivity contribution in [3.63, 3.8) is 0 Å². The predicted octanol–water partition coefficient (Wildman–Crippen LogP) is 10.9. The van der Waals surface area contributed by atoms with E-state index in [2.05, 4.69) is 140 Å². The van der Waals surface area contributed by atoms with Gasteiger partial charge in [-0.1, -0.05) is 116 Å². The Morgan fingerprint density at radius 1 is 0.377 bits per heavy atom. The average Bonchev–Trinajstić information content (AvgIpc) is 4.05. The van der Waals surface area contributed by atoms with Crippen LogP contribution in [-0.4, -0.2) is 29.5 Å². The fourth-order valence-corrected chi connectivity index (χ4v) is 7.14. The lowest BCUT2D eigenvalue weighted by Crippen LogP contribution is -2.03. The molecule has 254 valence electrons. The second kappa shape index (κ2) is 14.1. The summed E-state index contributed by atoms with van der Waals surface area (Å²) in [6.45, 7) is 2.87. The predicted molar refractivity (Wildman–Crippen MR) is 220 cm³/mol. The zero-order valence-electron chi connectivity index (χ0n) is 29.4. The molecule has 0 radical (unpaired) electrons. The molecule has 5 nitrogen and oxygen atoms in total. The number of allylic oxidation sites excluding steroid dienone is 12. The minimum atomic E-state index is 0.698. The van der Waals surface area contributed by atoms with Gasteiger partial charge in [0.15, 0.2) is 0 Å². The largest absolute Gasteiger partial charge is 0.494 e. The van der Waals surface area contributed by atoms with Crippen LogP contribution in [0.4, 0.5) is 0 Å². The molecule has 0 atom stereocenters. The van der Waals surface area contributed by atoms with E-state index in [-0.39, 0.29) is 0 Å². The molecule has 0 amide bonds. The van der Waals surface area contributed by atoms with Crippen LogP contribution in [0, 0.1) is 0 Å². The van der Waals surface area contributed by atoms with Crippen LogP contribution in [-0.2, 0) is 0 Å². The number of hydrogen-bond donors (Lipinski definition) is 0. The Hall–Kier alpha value is -6.72. The summed E-state index contributed by atoms with van der Waals surface area (Å²) in [6.07, 6.45) is 18.9. The van der Waals surface area contributed by atoms with E-state index in [1.54, 1.807) is 0 Å². The fraction of sp³-hybridized carbons (Fsp3) is 0.0833. The van der Waals surface area contributed by atoms with Crippen molar-refractivity contribution in [2.75, 3.05) is 6.61 Å². The fourth-order valence-electron chi connectivity index (χ4n) is 7.14. The van der Waals surface area contributed by atoms with Crippen molar-refractivity contribution >= 4 is 45.1 Å². The highest BCUT2D eigenvalue weighted by Gasteiger charge is 2.27. The van der Waals surface area contributed by atoms with E-state index in [0.29, 0.717) is 6.61 Å². The van der Waals surface area contributed by atoms with Gasteiger partial charge >= 0.3 is 0 Å².